The number of aromatic nitrogens is 2. The smallest absolute Gasteiger partial charge is 0.264 e. The molecule has 0 radical (unpaired) electrons. The van der Waals surface area contributed by atoms with Crippen LogP contribution in [0.25, 0.3) is 11.3 Å². The fourth-order valence-electron chi connectivity index (χ4n) is 5.05. The van der Waals surface area contributed by atoms with E-state index in [2.05, 4.69) is 30.2 Å². The lowest BCUT2D eigenvalue weighted by Crippen LogP contribution is -2.44. The molecule has 11 heteroatoms. The van der Waals surface area contributed by atoms with Gasteiger partial charge in [0, 0.05) is 49.2 Å². The third kappa shape index (κ3) is 5.08. The van der Waals surface area contributed by atoms with Gasteiger partial charge in [0.1, 0.15) is 5.75 Å². The Morgan fingerprint density at radius 2 is 1.65 bits per heavy atom. The molecule has 0 unspecified atom stereocenters. The summed E-state index contributed by atoms with van der Waals surface area (Å²) < 4.78 is 35.4. The topological polar surface area (TPSA) is 126 Å². The van der Waals surface area contributed by atoms with Crippen molar-refractivity contribution in [1.82, 2.24) is 15.3 Å². The third-order valence-electron chi connectivity index (χ3n) is 6.96. The van der Waals surface area contributed by atoms with Crippen LogP contribution in [0.15, 0.2) is 71.6 Å². The molecule has 1 aromatic heterocycles. The molecule has 2 aliphatic heterocycles. The molecule has 6 rings (SSSR count). The van der Waals surface area contributed by atoms with Crippen LogP contribution in [0.4, 0.5) is 17.3 Å². The average Bonchev–Trinajstić information content (AvgIpc) is 2.93. The highest BCUT2D eigenvalue weighted by Crippen LogP contribution is 2.34. The van der Waals surface area contributed by atoms with Crippen molar-refractivity contribution >= 4 is 33.3 Å². The molecule has 3 N–H and O–H groups in total. The molecule has 1 saturated heterocycles. The van der Waals surface area contributed by atoms with Crippen molar-refractivity contribution < 1.29 is 17.9 Å². The second kappa shape index (κ2) is 10.2. The molecule has 2 aliphatic rings. The Morgan fingerprint density at radius 3 is 2.42 bits per heavy atom. The summed E-state index contributed by atoms with van der Waals surface area (Å²) in [6, 6.07) is 19.0. The number of carbonyl (C=O) groups excluding carboxylic acids is 1. The lowest BCUT2D eigenvalue weighted by atomic mass is 10.00. The summed E-state index contributed by atoms with van der Waals surface area (Å²) in [5.41, 5.74) is 4.82. The van der Waals surface area contributed by atoms with Gasteiger partial charge >= 0.3 is 0 Å². The molecule has 40 heavy (non-hydrogen) atoms. The van der Waals surface area contributed by atoms with Gasteiger partial charge in [-0.25, -0.2) is 18.1 Å². The van der Waals surface area contributed by atoms with Crippen molar-refractivity contribution in [3.63, 3.8) is 0 Å². The highest BCUT2D eigenvalue weighted by molar-refractivity contribution is 7.92. The zero-order valence-electron chi connectivity index (χ0n) is 22.1. The number of amides is 1. The molecule has 10 nitrogen and oxygen atoms in total. The molecule has 0 spiro atoms. The summed E-state index contributed by atoms with van der Waals surface area (Å²) in [4.78, 5) is 24.6. The first kappa shape index (κ1) is 25.8. The molecular weight excluding hydrogens is 528 g/mol. The normalized spacial score (nSPS) is 16.2. The minimum Gasteiger partial charge on any atom is -0.439 e. The average molecular weight is 557 g/mol. The number of rotatable bonds is 2. The monoisotopic (exact) mass is 556 g/mol. The molecule has 0 saturated carbocycles. The van der Waals surface area contributed by atoms with Gasteiger partial charge in [-0.3, -0.25) is 4.79 Å². The Morgan fingerprint density at radius 1 is 0.900 bits per heavy atom. The van der Waals surface area contributed by atoms with Crippen molar-refractivity contribution in [1.29, 1.82) is 0 Å². The Labute approximate surface area is 232 Å². The molecule has 204 valence electrons. The molecule has 4 aromatic rings. The summed E-state index contributed by atoms with van der Waals surface area (Å²) in [5.74, 6) is 0.0183. The second-order valence-corrected chi connectivity index (χ2v) is 11.5. The van der Waals surface area contributed by atoms with Crippen LogP contribution in [0.5, 0.6) is 11.6 Å². The van der Waals surface area contributed by atoms with Crippen molar-refractivity contribution in [2.45, 2.75) is 18.7 Å². The van der Waals surface area contributed by atoms with Gasteiger partial charge in [0.15, 0.2) is 0 Å². The number of anilines is 3. The van der Waals surface area contributed by atoms with Crippen LogP contribution in [0.2, 0.25) is 0 Å². The first-order valence-electron chi connectivity index (χ1n) is 12.9. The van der Waals surface area contributed by atoms with E-state index in [9.17, 15) is 13.2 Å². The second-order valence-electron chi connectivity index (χ2n) is 9.79. The van der Waals surface area contributed by atoms with Gasteiger partial charge in [-0.2, -0.15) is 4.98 Å². The fraction of sp³-hybridized carbons (Fsp3) is 0.207. The lowest BCUT2D eigenvalue weighted by molar-refractivity contribution is 0.102. The van der Waals surface area contributed by atoms with Gasteiger partial charge in [-0.05, 0) is 61.4 Å². The molecule has 1 fully saturated rings. The standard InChI is InChI=1S/C29H28N6O4S/c1-18-5-3-6-19(2)27(18)24-17-26-33-29(32-24)34-40(37,38)22-8-4-7-20(15-22)31-28(36)23-16-21(39-26)9-10-25(23)35-13-11-30-12-14-35/h3-10,15-17,30H,11-14H2,1-2H3,(H,31,36)(H,32,33,34). The number of nitrogens with zero attached hydrogens (tertiary/aromatic N) is 3. The van der Waals surface area contributed by atoms with Gasteiger partial charge < -0.3 is 20.3 Å². The number of piperazine rings is 1. The summed E-state index contributed by atoms with van der Waals surface area (Å²) >= 11 is 0. The van der Waals surface area contributed by atoms with Crippen LogP contribution in [0, 0.1) is 13.8 Å². The first-order chi connectivity index (χ1) is 19.3. The van der Waals surface area contributed by atoms with E-state index in [0.717, 1.165) is 48.6 Å². The van der Waals surface area contributed by atoms with Crippen molar-refractivity contribution in [3.8, 4) is 22.9 Å². The van der Waals surface area contributed by atoms with E-state index in [4.69, 9.17) is 4.74 Å². The number of hydrogen-bond donors (Lipinski definition) is 3. The molecule has 0 atom stereocenters. The van der Waals surface area contributed by atoms with E-state index in [1.54, 1.807) is 30.3 Å². The SMILES string of the molecule is Cc1cccc(C)c1-c1cc2nc(n1)NS(=O)(=O)c1cccc(c1)NC(=O)c1cc(ccc1N1CCNCC1)O2. The summed E-state index contributed by atoms with van der Waals surface area (Å²) in [6.45, 7) is 7.02. The maximum atomic E-state index is 13.6. The number of sulfonamides is 1. The van der Waals surface area contributed by atoms with Gasteiger partial charge in [0.25, 0.3) is 15.9 Å². The Bertz CT molecular complexity index is 1710. The van der Waals surface area contributed by atoms with E-state index in [1.807, 2.05) is 38.1 Å². The number of hydrogen-bond acceptors (Lipinski definition) is 8. The number of nitrogens with one attached hydrogen (secondary N) is 3. The Hall–Kier alpha value is -4.48. The fourth-order valence-corrected chi connectivity index (χ4v) is 6.04. The molecular formula is C29H28N6O4S. The summed E-state index contributed by atoms with van der Waals surface area (Å²) in [6.07, 6.45) is 0. The first-order valence-corrected chi connectivity index (χ1v) is 14.4. The molecule has 3 heterocycles. The Kier molecular flexibility index (Phi) is 6.60. The number of ether oxygens (including phenoxy) is 1. The predicted octanol–water partition coefficient (Wildman–Crippen LogP) is 4.33. The molecule has 3 aromatic carbocycles. The van der Waals surface area contributed by atoms with E-state index >= 15 is 0 Å². The number of carbonyl (C=O) groups is 1. The van der Waals surface area contributed by atoms with Crippen LogP contribution in [0.3, 0.4) is 0 Å². The largest absolute Gasteiger partial charge is 0.439 e. The number of fused-ring (bicyclic) bond motifs is 6. The molecule has 0 aliphatic carbocycles. The van der Waals surface area contributed by atoms with E-state index in [0.29, 0.717) is 22.7 Å². The third-order valence-corrected chi connectivity index (χ3v) is 8.29. The van der Waals surface area contributed by atoms with E-state index < -0.39 is 10.0 Å². The van der Waals surface area contributed by atoms with Gasteiger partial charge in [0.05, 0.1) is 16.2 Å². The van der Waals surface area contributed by atoms with Gasteiger partial charge in [-0.15, -0.1) is 0 Å². The molecule has 6 bridgehead atoms. The minimum absolute atomic E-state index is 0.0398. The quantitative estimate of drug-likeness (QED) is 0.333. The molecule has 1 amide bonds. The minimum atomic E-state index is -4.09. The van der Waals surface area contributed by atoms with Crippen molar-refractivity contribution in [3.05, 3.63) is 83.4 Å². The highest BCUT2D eigenvalue weighted by atomic mass is 32.2. The lowest BCUT2D eigenvalue weighted by Gasteiger charge is -2.31. The van der Waals surface area contributed by atoms with E-state index in [-0.39, 0.29) is 22.6 Å². The van der Waals surface area contributed by atoms with Crippen LogP contribution in [0.1, 0.15) is 21.5 Å². The van der Waals surface area contributed by atoms with Gasteiger partial charge in [0.2, 0.25) is 11.8 Å². The van der Waals surface area contributed by atoms with Crippen molar-refractivity contribution in [2.24, 2.45) is 0 Å². The highest BCUT2D eigenvalue weighted by Gasteiger charge is 2.23. The number of aryl methyl sites for hydroxylation is 2. The summed E-state index contributed by atoms with van der Waals surface area (Å²) in [7, 11) is -4.09. The van der Waals surface area contributed by atoms with E-state index in [1.165, 1.54) is 12.1 Å². The van der Waals surface area contributed by atoms with Crippen LogP contribution in [-0.4, -0.2) is 50.5 Å². The number of benzene rings is 3. The van der Waals surface area contributed by atoms with Gasteiger partial charge in [-0.1, -0.05) is 24.3 Å². The van der Waals surface area contributed by atoms with Crippen LogP contribution >= 0.6 is 0 Å². The van der Waals surface area contributed by atoms with Crippen LogP contribution in [-0.2, 0) is 10.0 Å². The Balaban J connectivity index is 1.54. The van der Waals surface area contributed by atoms with Crippen LogP contribution < -0.4 is 25.0 Å². The maximum absolute atomic E-state index is 13.6. The summed E-state index contributed by atoms with van der Waals surface area (Å²) in [5, 5.41) is 6.18. The predicted molar refractivity (Wildman–Crippen MR) is 154 cm³/mol. The van der Waals surface area contributed by atoms with Crippen molar-refractivity contribution in [2.75, 3.05) is 41.1 Å². The zero-order chi connectivity index (χ0) is 27.9. The zero-order valence-corrected chi connectivity index (χ0v) is 22.9. The maximum Gasteiger partial charge on any atom is 0.264 e.